The van der Waals surface area contributed by atoms with Crippen LogP contribution in [0, 0.1) is 11.8 Å². The van der Waals surface area contributed by atoms with Crippen LogP contribution in [0.4, 0.5) is 0 Å². The molecule has 3 fully saturated rings. The van der Waals surface area contributed by atoms with Crippen LogP contribution in [0.2, 0.25) is 0 Å². The van der Waals surface area contributed by atoms with Crippen molar-refractivity contribution in [3.8, 4) is 0 Å². The van der Waals surface area contributed by atoms with Gasteiger partial charge in [0.25, 0.3) is 0 Å². The van der Waals surface area contributed by atoms with E-state index in [-0.39, 0.29) is 30.3 Å². The van der Waals surface area contributed by atoms with E-state index in [1.54, 1.807) is 0 Å². The van der Waals surface area contributed by atoms with Gasteiger partial charge in [-0.1, -0.05) is 25.7 Å². The number of hydrogen-bond acceptors (Lipinski definition) is 3. The molecule has 2 aliphatic carbocycles. The zero-order valence-corrected chi connectivity index (χ0v) is 10.7. The topological polar surface area (TPSA) is 57.6 Å². The first-order valence-electron chi connectivity index (χ1n) is 7.18. The van der Waals surface area contributed by atoms with Crippen LogP contribution in [0.5, 0.6) is 0 Å². The molecule has 2 atom stereocenters. The van der Waals surface area contributed by atoms with Gasteiger partial charge in [-0.2, -0.15) is 0 Å². The van der Waals surface area contributed by atoms with E-state index in [0.717, 1.165) is 51.4 Å². The van der Waals surface area contributed by atoms with Gasteiger partial charge < -0.3 is 5.11 Å². The van der Waals surface area contributed by atoms with Crippen molar-refractivity contribution in [2.45, 2.75) is 56.9 Å². The highest BCUT2D eigenvalue weighted by Gasteiger charge is 2.56. The number of likely N-dealkylation sites (tertiary alicyclic amines) is 1. The predicted octanol–water partition coefficient (Wildman–Crippen LogP) is 1.47. The molecule has 0 aromatic carbocycles. The summed E-state index contributed by atoms with van der Waals surface area (Å²) in [6.07, 6.45) is 7.42. The van der Waals surface area contributed by atoms with Crippen LogP contribution >= 0.6 is 0 Å². The maximum atomic E-state index is 12.5. The molecular formula is C14H21NO3. The molecule has 4 heteroatoms. The predicted molar refractivity (Wildman–Crippen MR) is 65.6 cm³/mol. The van der Waals surface area contributed by atoms with Gasteiger partial charge in [-0.15, -0.1) is 0 Å². The first-order chi connectivity index (χ1) is 8.69. The van der Waals surface area contributed by atoms with E-state index in [0.29, 0.717) is 0 Å². The molecule has 3 aliphatic rings. The van der Waals surface area contributed by atoms with E-state index in [4.69, 9.17) is 0 Å². The second-order valence-electron chi connectivity index (χ2n) is 6.10. The van der Waals surface area contributed by atoms with Gasteiger partial charge in [0.15, 0.2) is 0 Å². The number of aliphatic hydroxyl groups is 1. The second-order valence-corrected chi connectivity index (χ2v) is 6.10. The minimum absolute atomic E-state index is 0.00144. The Balaban J connectivity index is 1.91. The molecule has 1 heterocycles. The van der Waals surface area contributed by atoms with Crippen LogP contribution in [0.1, 0.15) is 51.4 Å². The van der Waals surface area contributed by atoms with Crippen LogP contribution in [0.3, 0.4) is 0 Å². The lowest BCUT2D eigenvalue weighted by molar-refractivity contribution is -0.151. The van der Waals surface area contributed by atoms with Crippen molar-refractivity contribution in [2.75, 3.05) is 6.61 Å². The van der Waals surface area contributed by atoms with Crippen LogP contribution in [0.25, 0.3) is 0 Å². The molecule has 3 rings (SSSR count). The molecule has 2 unspecified atom stereocenters. The first-order valence-corrected chi connectivity index (χ1v) is 7.18. The molecule has 2 amide bonds. The molecule has 0 aromatic heterocycles. The SMILES string of the molecule is O=C1C2CCCC2C(=O)N1C1(CO)CCCCC1. The normalized spacial score (nSPS) is 35.1. The van der Waals surface area contributed by atoms with Gasteiger partial charge in [0.1, 0.15) is 0 Å². The van der Waals surface area contributed by atoms with Crippen molar-refractivity contribution in [1.82, 2.24) is 4.90 Å². The summed E-state index contributed by atoms with van der Waals surface area (Å²) in [6, 6.07) is 0. The average Bonchev–Trinajstić information content (AvgIpc) is 2.96. The van der Waals surface area contributed by atoms with Gasteiger partial charge in [-0.05, 0) is 25.7 Å². The maximum Gasteiger partial charge on any atom is 0.233 e. The number of amides is 2. The molecule has 0 spiro atoms. The third-order valence-electron chi connectivity index (χ3n) is 5.14. The second kappa shape index (κ2) is 4.34. The standard InChI is InChI=1S/C14H21NO3/c16-9-14(7-2-1-3-8-14)15-12(17)10-5-4-6-11(10)13(15)18/h10-11,16H,1-9H2. The van der Waals surface area contributed by atoms with Crippen molar-refractivity contribution in [3.63, 3.8) is 0 Å². The minimum Gasteiger partial charge on any atom is -0.394 e. The molecule has 2 saturated carbocycles. The van der Waals surface area contributed by atoms with Crippen molar-refractivity contribution < 1.29 is 14.7 Å². The summed E-state index contributed by atoms with van der Waals surface area (Å²) < 4.78 is 0. The molecule has 1 N–H and O–H groups in total. The lowest BCUT2D eigenvalue weighted by atomic mass is 9.80. The Kier molecular flexibility index (Phi) is 2.93. The Bertz CT molecular complexity index is 351. The summed E-state index contributed by atoms with van der Waals surface area (Å²) in [5, 5.41) is 9.75. The van der Waals surface area contributed by atoms with Crippen molar-refractivity contribution in [3.05, 3.63) is 0 Å². The monoisotopic (exact) mass is 251 g/mol. The number of carbonyl (C=O) groups excluding carboxylic acids is 2. The van der Waals surface area contributed by atoms with E-state index in [1.165, 1.54) is 4.90 Å². The highest BCUT2D eigenvalue weighted by molar-refractivity contribution is 6.06. The Morgan fingerprint density at radius 2 is 1.56 bits per heavy atom. The van der Waals surface area contributed by atoms with Crippen LogP contribution in [-0.2, 0) is 9.59 Å². The van der Waals surface area contributed by atoms with Gasteiger partial charge in [0.05, 0.1) is 24.0 Å². The zero-order valence-electron chi connectivity index (χ0n) is 10.7. The number of fused-ring (bicyclic) bond motifs is 1. The zero-order chi connectivity index (χ0) is 12.8. The number of aliphatic hydroxyl groups excluding tert-OH is 1. The summed E-state index contributed by atoms with van der Waals surface area (Å²) in [4.78, 5) is 26.4. The van der Waals surface area contributed by atoms with Gasteiger partial charge in [0, 0.05) is 0 Å². The van der Waals surface area contributed by atoms with Crippen LogP contribution in [-0.4, -0.2) is 34.0 Å². The molecule has 0 aromatic rings. The number of carbonyl (C=O) groups is 2. The van der Waals surface area contributed by atoms with Crippen molar-refractivity contribution >= 4 is 11.8 Å². The van der Waals surface area contributed by atoms with Gasteiger partial charge in [-0.3, -0.25) is 14.5 Å². The van der Waals surface area contributed by atoms with Gasteiger partial charge >= 0.3 is 0 Å². The van der Waals surface area contributed by atoms with E-state index in [2.05, 4.69) is 0 Å². The number of imide groups is 1. The highest BCUT2D eigenvalue weighted by atomic mass is 16.3. The maximum absolute atomic E-state index is 12.5. The lowest BCUT2D eigenvalue weighted by Gasteiger charge is -2.42. The summed E-state index contributed by atoms with van der Waals surface area (Å²) in [5.74, 6) is -0.164. The molecule has 4 nitrogen and oxygen atoms in total. The fourth-order valence-corrected chi connectivity index (χ4v) is 4.12. The summed E-state index contributed by atoms with van der Waals surface area (Å²) in [7, 11) is 0. The Morgan fingerprint density at radius 1 is 1.00 bits per heavy atom. The molecule has 0 bridgehead atoms. The third kappa shape index (κ3) is 1.54. The van der Waals surface area contributed by atoms with E-state index in [1.807, 2.05) is 0 Å². The van der Waals surface area contributed by atoms with Crippen molar-refractivity contribution in [1.29, 1.82) is 0 Å². The van der Waals surface area contributed by atoms with E-state index in [9.17, 15) is 14.7 Å². The molecular weight excluding hydrogens is 230 g/mol. The molecule has 1 saturated heterocycles. The molecule has 0 radical (unpaired) electrons. The van der Waals surface area contributed by atoms with Crippen LogP contribution < -0.4 is 0 Å². The Morgan fingerprint density at radius 3 is 2.06 bits per heavy atom. The number of rotatable bonds is 2. The molecule has 100 valence electrons. The number of hydrogen-bond donors (Lipinski definition) is 1. The highest BCUT2D eigenvalue weighted by Crippen LogP contribution is 2.45. The fraction of sp³-hybridized carbons (Fsp3) is 0.857. The van der Waals surface area contributed by atoms with Crippen molar-refractivity contribution in [2.24, 2.45) is 11.8 Å². The summed E-state index contributed by atoms with van der Waals surface area (Å²) in [5.41, 5.74) is -0.573. The molecule has 18 heavy (non-hydrogen) atoms. The van der Waals surface area contributed by atoms with Gasteiger partial charge in [0.2, 0.25) is 11.8 Å². The summed E-state index contributed by atoms with van der Waals surface area (Å²) in [6.45, 7) is -0.0656. The molecule has 1 aliphatic heterocycles. The lowest BCUT2D eigenvalue weighted by Crippen LogP contribution is -2.56. The minimum atomic E-state index is -0.573. The Labute approximate surface area is 107 Å². The average molecular weight is 251 g/mol. The Hall–Kier alpha value is -0.900. The summed E-state index contributed by atoms with van der Waals surface area (Å²) >= 11 is 0. The largest absolute Gasteiger partial charge is 0.394 e. The van der Waals surface area contributed by atoms with Gasteiger partial charge in [-0.25, -0.2) is 0 Å². The van der Waals surface area contributed by atoms with E-state index >= 15 is 0 Å². The smallest absolute Gasteiger partial charge is 0.233 e. The quantitative estimate of drug-likeness (QED) is 0.756. The van der Waals surface area contributed by atoms with Crippen LogP contribution in [0.15, 0.2) is 0 Å². The number of nitrogens with zero attached hydrogens (tertiary/aromatic N) is 1. The fourth-order valence-electron chi connectivity index (χ4n) is 4.12. The first kappa shape index (κ1) is 12.2. The van der Waals surface area contributed by atoms with E-state index < -0.39 is 5.54 Å². The third-order valence-corrected chi connectivity index (χ3v) is 5.14.